The van der Waals surface area contributed by atoms with Gasteiger partial charge in [-0.05, 0) is 29.6 Å². The van der Waals surface area contributed by atoms with Crippen molar-refractivity contribution in [1.29, 1.82) is 0 Å². The van der Waals surface area contributed by atoms with Gasteiger partial charge in [-0.15, -0.1) is 11.3 Å². The minimum Gasteiger partial charge on any atom is -0.335 e. The van der Waals surface area contributed by atoms with E-state index < -0.39 is 5.82 Å². The largest absolute Gasteiger partial charge is 0.335 e. The Morgan fingerprint density at radius 2 is 1.70 bits per heavy atom. The first-order chi connectivity index (χ1) is 13.1. The maximum atomic E-state index is 13.8. The predicted octanol–water partition coefficient (Wildman–Crippen LogP) is 2.88. The first-order valence-corrected chi connectivity index (χ1v) is 9.44. The molecule has 1 aliphatic rings. The zero-order valence-corrected chi connectivity index (χ0v) is 15.2. The van der Waals surface area contributed by atoms with Crippen LogP contribution in [0.2, 0.25) is 0 Å². The number of nitrogens with one attached hydrogen (secondary N) is 1. The number of carbonyl (C=O) groups is 2. The molecule has 8 heteroatoms. The Morgan fingerprint density at radius 3 is 2.37 bits per heavy atom. The molecule has 0 bridgehead atoms. The number of aromatic amines is 1. The van der Waals surface area contributed by atoms with Crippen LogP contribution in [0.4, 0.5) is 4.39 Å². The van der Waals surface area contributed by atoms with Crippen LogP contribution >= 0.6 is 11.3 Å². The maximum Gasteiger partial charge on any atom is 0.274 e. The number of benzene rings is 1. The summed E-state index contributed by atoms with van der Waals surface area (Å²) in [6, 6.07) is 11.6. The van der Waals surface area contributed by atoms with E-state index in [1.54, 1.807) is 39.3 Å². The van der Waals surface area contributed by atoms with Crippen LogP contribution in [0.1, 0.15) is 20.8 Å². The molecule has 1 aliphatic heterocycles. The van der Waals surface area contributed by atoms with Gasteiger partial charge in [0.15, 0.2) is 5.69 Å². The summed E-state index contributed by atoms with van der Waals surface area (Å²) in [6.07, 6.45) is 0. The maximum absolute atomic E-state index is 13.8. The van der Waals surface area contributed by atoms with Gasteiger partial charge >= 0.3 is 0 Å². The molecule has 138 valence electrons. The molecule has 4 rings (SSSR count). The number of amides is 2. The van der Waals surface area contributed by atoms with Gasteiger partial charge in [-0.2, -0.15) is 5.10 Å². The van der Waals surface area contributed by atoms with Crippen molar-refractivity contribution >= 4 is 23.2 Å². The fourth-order valence-electron chi connectivity index (χ4n) is 3.07. The van der Waals surface area contributed by atoms with Crippen molar-refractivity contribution in [2.24, 2.45) is 0 Å². The van der Waals surface area contributed by atoms with Gasteiger partial charge < -0.3 is 9.80 Å². The van der Waals surface area contributed by atoms with Crippen LogP contribution in [0, 0.1) is 5.82 Å². The van der Waals surface area contributed by atoms with Crippen LogP contribution in [0.5, 0.6) is 0 Å². The highest BCUT2D eigenvalue weighted by Crippen LogP contribution is 2.23. The van der Waals surface area contributed by atoms with Crippen LogP contribution < -0.4 is 0 Å². The smallest absolute Gasteiger partial charge is 0.274 e. The molecular weight excluding hydrogens is 367 g/mol. The molecule has 2 aromatic heterocycles. The van der Waals surface area contributed by atoms with E-state index in [0.717, 1.165) is 10.6 Å². The van der Waals surface area contributed by atoms with E-state index in [4.69, 9.17) is 0 Å². The quantitative estimate of drug-likeness (QED) is 0.755. The lowest BCUT2D eigenvalue weighted by Gasteiger charge is -2.34. The minimum absolute atomic E-state index is 0.0603. The molecule has 0 unspecified atom stereocenters. The Morgan fingerprint density at radius 1 is 1.00 bits per heavy atom. The highest BCUT2D eigenvalue weighted by molar-refractivity contribution is 7.13. The summed E-state index contributed by atoms with van der Waals surface area (Å²) < 4.78 is 13.8. The van der Waals surface area contributed by atoms with E-state index in [9.17, 15) is 14.0 Å². The minimum atomic E-state index is -0.529. The zero-order valence-electron chi connectivity index (χ0n) is 14.4. The normalized spacial score (nSPS) is 14.4. The number of rotatable bonds is 3. The number of thiophene rings is 1. The Bertz CT molecular complexity index is 962. The highest BCUT2D eigenvalue weighted by Gasteiger charge is 2.27. The van der Waals surface area contributed by atoms with Gasteiger partial charge in [0.2, 0.25) is 0 Å². The van der Waals surface area contributed by atoms with Gasteiger partial charge in [0, 0.05) is 26.2 Å². The molecular formula is C19H17FN4O2S. The summed E-state index contributed by atoms with van der Waals surface area (Å²) >= 11 is 1.57. The average Bonchev–Trinajstić information content (AvgIpc) is 3.39. The van der Waals surface area contributed by atoms with Gasteiger partial charge in [-0.1, -0.05) is 18.2 Å². The van der Waals surface area contributed by atoms with Gasteiger partial charge in [0.05, 0.1) is 16.1 Å². The Labute approximate surface area is 159 Å². The number of carbonyl (C=O) groups excluding carboxylic acids is 2. The van der Waals surface area contributed by atoms with Crippen molar-refractivity contribution in [3.8, 4) is 10.6 Å². The van der Waals surface area contributed by atoms with Crippen LogP contribution in [-0.2, 0) is 0 Å². The third-order valence-corrected chi connectivity index (χ3v) is 5.45. The summed E-state index contributed by atoms with van der Waals surface area (Å²) in [5.41, 5.74) is 1.22. The number of halogens is 1. The van der Waals surface area contributed by atoms with Crippen molar-refractivity contribution in [1.82, 2.24) is 20.0 Å². The Kier molecular flexibility index (Phi) is 4.72. The monoisotopic (exact) mass is 384 g/mol. The van der Waals surface area contributed by atoms with E-state index in [-0.39, 0.29) is 17.4 Å². The molecule has 6 nitrogen and oxygen atoms in total. The summed E-state index contributed by atoms with van der Waals surface area (Å²) in [5, 5.41) is 8.97. The van der Waals surface area contributed by atoms with Crippen molar-refractivity contribution in [2.45, 2.75) is 0 Å². The van der Waals surface area contributed by atoms with Crippen molar-refractivity contribution in [3.05, 3.63) is 64.9 Å². The lowest BCUT2D eigenvalue weighted by molar-refractivity contribution is 0.0529. The topological polar surface area (TPSA) is 69.3 Å². The second-order valence-corrected chi connectivity index (χ2v) is 7.16. The second kappa shape index (κ2) is 7.32. The molecule has 2 amide bonds. The number of nitrogens with zero attached hydrogens (tertiary/aromatic N) is 3. The summed E-state index contributed by atoms with van der Waals surface area (Å²) in [6.45, 7) is 1.50. The van der Waals surface area contributed by atoms with E-state index >= 15 is 0 Å². The van der Waals surface area contributed by atoms with Crippen molar-refractivity contribution in [2.75, 3.05) is 26.2 Å². The molecule has 0 radical (unpaired) electrons. The molecule has 1 N–H and O–H groups in total. The van der Waals surface area contributed by atoms with Gasteiger partial charge in [0.25, 0.3) is 11.8 Å². The van der Waals surface area contributed by atoms with E-state index in [2.05, 4.69) is 10.2 Å². The van der Waals surface area contributed by atoms with Crippen LogP contribution in [0.15, 0.2) is 47.8 Å². The molecule has 0 spiro atoms. The molecule has 0 aliphatic carbocycles. The van der Waals surface area contributed by atoms with E-state index in [1.807, 2.05) is 17.5 Å². The van der Waals surface area contributed by atoms with E-state index in [0.29, 0.717) is 31.9 Å². The standard InChI is InChI=1S/C19H17FN4O2S/c20-14-5-2-1-4-13(14)18(25)23-7-9-24(10-8-23)19(26)16-12-15(21-22-16)17-6-3-11-27-17/h1-6,11-12H,7-10H2,(H,21,22). The Hall–Kier alpha value is -3.00. The molecule has 0 atom stereocenters. The average molecular weight is 384 g/mol. The van der Waals surface area contributed by atoms with E-state index in [1.165, 1.54) is 12.1 Å². The van der Waals surface area contributed by atoms with Crippen LogP contribution in [0.3, 0.4) is 0 Å². The first kappa shape index (κ1) is 17.4. The molecule has 3 heterocycles. The van der Waals surface area contributed by atoms with Gasteiger partial charge in [-0.25, -0.2) is 4.39 Å². The van der Waals surface area contributed by atoms with Crippen LogP contribution in [0.25, 0.3) is 10.6 Å². The third-order valence-electron chi connectivity index (χ3n) is 4.54. The number of piperazine rings is 1. The molecule has 1 saturated heterocycles. The van der Waals surface area contributed by atoms with Gasteiger partial charge in [-0.3, -0.25) is 14.7 Å². The lowest BCUT2D eigenvalue weighted by atomic mass is 10.1. The third kappa shape index (κ3) is 3.48. The molecule has 1 aromatic carbocycles. The highest BCUT2D eigenvalue weighted by atomic mass is 32.1. The number of hydrogen-bond donors (Lipinski definition) is 1. The first-order valence-electron chi connectivity index (χ1n) is 8.56. The van der Waals surface area contributed by atoms with Crippen LogP contribution in [-0.4, -0.2) is 58.0 Å². The second-order valence-electron chi connectivity index (χ2n) is 6.21. The van der Waals surface area contributed by atoms with Crippen molar-refractivity contribution in [3.63, 3.8) is 0 Å². The number of hydrogen-bond acceptors (Lipinski definition) is 4. The predicted molar refractivity (Wildman–Crippen MR) is 100 cm³/mol. The number of aromatic nitrogens is 2. The summed E-state index contributed by atoms with van der Waals surface area (Å²) in [7, 11) is 0. The summed E-state index contributed by atoms with van der Waals surface area (Å²) in [5.74, 6) is -1.05. The molecule has 27 heavy (non-hydrogen) atoms. The Balaban J connectivity index is 1.40. The summed E-state index contributed by atoms with van der Waals surface area (Å²) in [4.78, 5) is 29.4. The lowest BCUT2D eigenvalue weighted by Crippen LogP contribution is -2.50. The van der Waals surface area contributed by atoms with Crippen molar-refractivity contribution < 1.29 is 14.0 Å². The fourth-order valence-corrected chi connectivity index (χ4v) is 3.76. The molecule has 0 saturated carbocycles. The molecule has 3 aromatic rings. The SMILES string of the molecule is O=C(c1cc(-c2cccs2)[nH]n1)N1CCN(C(=O)c2ccccc2F)CC1. The molecule has 1 fully saturated rings. The number of H-pyrrole nitrogens is 1. The fraction of sp³-hybridized carbons (Fsp3) is 0.211. The van der Waals surface area contributed by atoms with Gasteiger partial charge in [0.1, 0.15) is 5.82 Å². The zero-order chi connectivity index (χ0) is 18.8.